The highest BCUT2D eigenvalue weighted by molar-refractivity contribution is 6.39. The maximum Gasteiger partial charge on any atom is 0.321 e. The third-order valence-corrected chi connectivity index (χ3v) is 8.02. The average Bonchev–Trinajstić information content (AvgIpc) is 3.42. The Morgan fingerprint density at radius 3 is 2.39 bits per heavy atom. The molecule has 16 heteroatoms. The Bertz CT molecular complexity index is 894. The zero-order chi connectivity index (χ0) is 27.5. The molecule has 1 heterocycles. The van der Waals surface area contributed by atoms with E-state index in [-0.39, 0.29) is 19.4 Å². The summed E-state index contributed by atoms with van der Waals surface area (Å²) in [6.07, 6.45) is -3.37. The lowest BCUT2D eigenvalue weighted by Gasteiger charge is -2.24. The van der Waals surface area contributed by atoms with Crippen molar-refractivity contribution in [3.63, 3.8) is 0 Å². The molecular formula is C20H29Cl3N4O9. The van der Waals surface area contributed by atoms with Gasteiger partial charge in [0.05, 0.1) is 34.8 Å². The van der Waals surface area contributed by atoms with E-state index in [9.17, 15) is 44.4 Å². The number of amides is 3. The van der Waals surface area contributed by atoms with Gasteiger partial charge in [-0.1, -0.05) is 0 Å². The van der Waals surface area contributed by atoms with Crippen molar-refractivity contribution in [1.82, 2.24) is 16.0 Å². The highest BCUT2D eigenvalue weighted by atomic mass is 35.5. The number of halogens is 3. The van der Waals surface area contributed by atoms with Crippen molar-refractivity contribution in [3.8, 4) is 0 Å². The zero-order valence-electron chi connectivity index (χ0n) is 19.1. The van der Waals surface area contributed by atoms with Gasteiger partial charge in [-0.15, -0.1) is 34.8 Å². The second kappa shape index (κ2) is 12.1. The normalized spacial score (nSPS) is 33.2. The molecule has 3 amide bonds. The number of nitrogens with one attached hydrogen (secondary N) is 3. The standard InChI is InChI=1S/C20H29Cl3N4O9/c1-6(28)2-10(21)20(23)12(14(22)19(35)36)13(20)17(33)26-8(4-11(30)31)16(32)27-15-9(29)3-7(24)5-25-18(15)34/h6-10,12-15,28-29H,2-5,24H2,1H3,(H,25,34)(H,26,33)(H,27,32)(H,30,31)(H,35,36). The fourth-order valence-electron chi connectivity index (χ4n) is 4.30. The zero-order valence-corrected chi connectivity index (χ0v) is 21.3. The van der Waals surface area contributed by atoms with Crippen molar-refractivity contribution in [2.45, 2.75) is 72.1 Å². The van der Waals surface area contributed by atoms with Crippen LogP contribution in [0, 0.1) is 11.8 Å². The highest BCUT2D eigenvalue weighted by Gasteiger charge is 2.74. The van der Waals surface area contributed by atoms with Crippen LogP contribution in [-0.2, 0) is 24.0 Å². The van der Waals surface area contributed by atoms with Gasteiger partial charge in [0, 0.05) is 18.5 Å². The van der Waals surface area contributed by atoms with E-state index >= 15 is 0 Å². The van der Waals surface area contributed by atoms with E-state index in [1.165, 1.54) is 6.92 Å². The van der Waals surface area contributed by atoms with Crippen molar-refractivity contribution >= 4 is 64.5 Å². The number of hydrogen-bond acceptors (Lipinski definition) is 8. The van der Waals surface area contributed by atoms with Gasteiger partial charge < -0.3 is 42.1 Å². The number of alkyl halides is 3. The minimum atomic E-state index is -1.72. The Balaban J connectivity index is 2.23. The van der Waals surface area contributed by atoms with Gasteiger partial charge in [0.25, 0.3) is 0 Å². The van der Waals surface area contributed by atoms with E-state index in [0.29, 0.717) is 0 Å². The first kappa shape index (κ1) is 30.3. The Hall–Kier alpha value is -1.90. The largest absolute Gasteiger partial charge is 0.481 e. The Morgan fingerprint density at radius 2 is 1.86 bits per heavy atom. The number of carbonyl (C=O) groups is 5. The van der Waals surface area contributed by atoms with E-state index in [2.05, 4.69) is 16.0 Å². The second-order valence-electron chi connectivity index (χ2n) is 9.08. The molecule has 2 fully saturated rings. The van der Waals surface area contributed by atoms with Gasteiger partial charge in [0.1, 0.15) is 17.5 Å². The number of aliphatic carboxylic acids is 2. The number of aliphatic hydroxyl groups excluding tert-OH is 2. The van der Waals surface area contributed by atoms with Gasteiger partial charge in [0.2, 0.25) is 17.7 Å². The lowest BCUT2D eigenvalue weighted by atomic mass is 10.0. The molecule has 0 aromatic rings. The van der Waals surface area contributed by atoms with Crippen molar-refractivity contribution < 1.29 is 44.4 Å². The van der Waals surface area contributed by atoms with Crippen LogP contribution < -0.4 is 21.7 Å². The molecule has 1 aliphatic heterocycles. The van der Waals surface area contributed by atoms with Crippen LogP contribution in [-0.4, -0.2) is 103 Å². The smallest absolute Gasteiger partial charge is 0.321 e. The first-order chi connectivity index (χ1) is 16.6. The highest BCUT2D eigenvalue weighted by Crippen LogP contribution is 2.63. The number of carboxylic acid groups (broad SMARTS) is 2. The van der Waals surface area contributed by atoms with Gasteiger partial charge in [-0.3, -0.25) is 24.0 Å². The molecule has 0 radical (unpaired) electrons. The van der Waals surface area contributed by atoms with E-state index in [0.717, 1.165) is 0 Å². The molecule has 2 rings (SSSR count). The quantitative estimate of drug-likeness (QED) is 0.125. The summed E-state index contributed by atoms with van der Waals surface area (Å²) in [5, 5.41) is 42.6. The van der Waals surface area contributed by atoms with Crippen LogP contribution in [0.3, 0.4) is 0 Å². The van der Waals surface area contributed by atoms with Crippen LogP contribution in [0.4, 0.5) is 0 Å². The van der Waals surface area contributed by atoms with Gasteiger partial charge in [-0.05, 0) is 19.8 Å². The molecule has 0 spiro atoms. The number of hydrogen-bond donors (Lipinski definition) is 8. The van der Waals surface area contributed by atoms with Crippen LogP contribution >= 0.6 is 34.8 Å². The number of carboxylic acids is 2. The van der Waals surface area contributed by atoms with Crippen LogP contribution in [0.15, 0.2) is 0 Å². The van der Waals surface area contributed by atoms with Gasteiger partial charge >= 0.3 is 11.9 Å². The van der Waals surface area contributed by atoms with E-state index < -0.39 is 93.9 Å². The summed E-state index contributed by atoms with van der Waals surface area (Å²) in [5.41, 5.74) is 5.74. The Labute approximate surface area is 221 Å². The second-order valence-corrected chi connectivity index (χ2v) is 10.7. The van der Waals surface area contributed by atoms with Crippen molar-refractivity contribution in [2.75, 3.05) is 6.54 Å². The average molecular weight is 576 g/mol. The van der Waals surface area contributed by atoms with Crippen molar-refractivity contribution in [1.29, 1.82) is 0 Å². The molecule has 1 saturated heterocycles. The van der Waals surface area contributed by atoms with Gasteiger partial charge in [-0.25, -0.2) is 0 Å². The van der Waals surface area contributed by atoms with Crippen molar-refractivity contribution in [2.24, 2.45) is 17.6 Å². The lowest BCUT2D eigenvalue weighted by molar-refractivity contribution is -0.141. The maximum absolute atomic E-state index is 13.1. The Morgan fingerprint density at radius 1 is 1.25 bits per heavy atom. The summed E-state index contributed by atoms with van der Waals surface area (Å²) in [7, 11) is 0. The summed E-state index contributed by atoms with van der Waals surface area (Å²) in [6.45, 7) is 1.46. The number of rotatable bonds is 11. The third kappa shape index (κ3) is 6.90. The first-order valence-corrected chi connectivity index (χ1v) is 12.3. The molecule has 10 unspecified atom stereocenters. The predicted octanol–water partition coefficient (Wildman–Crippen LogP) is -2.07. The predicted molar refractivity (Wildman–Crippen MR) is 127 cm³/mol. The molecule has 36 heavy (non-hydrogen) atoms. The molecule has 1 aliphatic carbocycles. The fraction of sp³-hybridized carbons (Fsp3) is 0.750. The summed E-state index contributed by atoms with van der Waals surface area (Å²) in [4.78, 5) is 59.3. The molecular weight excluding hydrogens is 547 g/mol. The summed E-state index contributed by atoms with van der Waals surface area (Å²) in [6, 6.07) is -3.76. The van der Waals surface area contributed by atoms with Crippen LogP contribution in [0.2, 0.25) is 0 Å². The van der Waals surface area contributed by atoms with E-state index in [4.69, 9.17) is 40.5 Å². The molecule has 204 valence electrons. The molecule has 13 nitrogen and oxygen atoms in total. The maximum atomic E-state index is 13.1. The van der Waals surface area contributed by atoms with Gasteiger partial charge in [-0.2, -0.15) is 0 Å². The monoisotopic (exact) mass is 574 g/mol. The summed E-state index contributed by atoms with van der Waals surface area (Å²) in [5.74, 6) is -8.33. The van der Waals surface area contributed by atoms with Gasteiger partial charge in [0.15, 0.2) is 0 Å². The first-order valence-electron chi connectivity index (χ1n) is 11.0. The molecule has 1 saturated carbocycles. The minimum absolute atomic E-state index is 0.0369. The summed E-state index contributed by atoms with van der Waals surface area (Å²) < 4.78 is 0. The third-order valence-electron chi connectivity index (χ3n) is 6.16. The molecule has 10 atom stereocenters. The number of nitrogens with two attached hydrogens (primary N) is 1. The Kier molecular flexibility index (Phi) is 10.2. The molecule has 2 aliphatic rings. The minimum Gasteiger partial charge on any atom is -0.481 e. The summed E-state index contributed by atoms with van der Waals surface area (Å²) >= 11 is 18.8. The van der Waals surface area contributed by atoms with Crippen LogP contribution in [0.25, 0.3) is 0 Å². The lowest BCUT2D eigenvalue weighted by Crippen LogP contribution is -2.57. The molecule has 0 aromatic heterocycles. The SMILES string of the molecule is CC(O)CC(Cl)C1(Cl)C(C(=O)NC(CC(=O)O)C(=O)NC2C(=O)NCC(N)CC2O)C1C(Cl)C(=O)O. The van der Waals surface area contributed by atoms with E-state index in [1.54, 1.807) is 0 Å². The number of carbonyl (C=O) groups excluding carboxylic acids is 3. The molecule has 0 bridgehead atoms. The van der Waals surface area contributed by atoms with E-state index in [1.807, 2.05) is 0 Å². The van der Waals surface area contributed by atoms with Crippen LogP contribution in [0.1, 0.15) is 26.2 Å². The molecule has 0 aromatic carbocycles. The fourth-order valence-corrected chi connectivity index (χ4v) is 5.77. The number of aliphatic hydroxyl groups is 2. The van der Waals surface area contributed by atoms with Crippen molar-refractivity contribution in [3.05, 3.63) is 0 Å². The molecule has 9 N–H and O–H groups in total. The van der Waals surface area contributed by atoms with Crippen LogP contribution in [0.5, 0.6) is 0 Å². The topological polar surface area (TPSA) is 228 Å².